The molecule has 31 heavy (non-hydrogen) atoms. The summed E-state index contributed by atoms with van der Waals surface area (Å²) in [6.07, 6.45) is -4.88. The number of carbonyl (C=O) groups is 3. The number of esters is 1. The minimum atomic E-state index is -4.53. The van der Waals surface area contributed by atoms with E-state index in [1.807, 2.05) is 0 Å². The first-order chi connectivity index (χ1) is 14.7. The number of anilines is 2. The van der Waals surface area contributed by atoms with Crippen LogP contribution in [0, 0.1) is 0 Å². The molecule has 1 unspecified atom stereocenters. The monoisotopic (exact) mass is 454 g/mol. The lowest BCUT2D eigenvalue weighted by molar-refractivity contribution is -0.147. The average Bonchev–Trinajstić information content (AvgIpc) is 2.72. The van der Waals surface area contributed by atoms with Gasteiger partial charge in [-0.15, -0.1) is 11.8 Å². The van der Waals surface area contributed by atoms with Crippen molar-refractivity contribution in [2.45, 2.75) is 22.7 Å². The fourth-order valence-corrected chi connectivity index (χ4v) is 3.83. The molecule has 2 amide bonds. The van der Waals surface area contributed by atoms with Crippen molar-refractivity contribution in [2.75, 3.05) is 24.4 Å². The Balaban J connectivity index is 1.54. The Morgan fingerprint density at radius 3 is 2.65 bits per heavy atom. The third kappa shape index (κ3) is 5.69. The van der Waals surface area contributed by atoms with Crippen molar-refractivity contribution >= 4 is 40.9 Å². The fourth-order valence-electron chi connectivity index (χ4n) is 2.75. The van der Waals surface area contributed by atoms with Crippen LogP contribution in [0.2, 0.25) is 0 Å². The van der Waals surface area contributed by atoms with E-state index in [0.29, 0.717) is 16.3 Å². The lowest BCUT2D eigenvalue weighted by atomic mass is 10.1. The molecule has 2 aromatic carbocycles. The van der Waals surface area contributed by atoms with E-state index in [2.05, 4.69) is 10.6 Å². The average molecular weight is 454 g/mol. The van der Waals surface area contributed by atoms with Crippen LogP contribution in [0.25, 0.3) is 0 Å². The molecule has 164 valence electrons. The summed E-state index contributed by atoms with van der Waals surface area (Å²) in [6, 6.07) is 9.67. The van der Waals surface area contributed by atoms with Gasteiger partial charge in [-0.3, -0.25) is 14.4 Å². The number of nitrogens with one attached hydrogen (secondary N) is 2. The van der Waals surface area contributed by atoms with Crippen molar-refractivity contribution < 1.29 is 37.0 Å². The topological polar surface area (TPSA) is 93.7 Å². The zero-order chi connectivity index (χ0) is 22.6. The van der Waals surface area contributed by atoms with E-state index in [1.165, 1.54) is 13.2 Å². The minimum absolute atomic E-state index is 0.0330. The molecule has 2 aromatic rings. The van der Waals surface area contributed by atoms with E-state index in [4.69, 9.17) is 9.47 Å². The number of halogens is 3. The number of carbonyl (C=O) groups excluding carboxylic acids is 3. The van der Waals surface area contributed by atoms with Crippen LogP contribution in [0.1, 0.15) is 12.0 Å². The number of benzene rings is 2. The third-order valence-corrected chi connectivity index (χ3v) is 5.50. The van der Waals surface area contributed by atoms with Crippen molar-refractivity contribution in [3.63, 3.8) is 0 Å². The molecule has 1 aliphatic rings. The third-order valence-electron chi connectivity index (χ3n) is 4.22. The van der Waals surface area contributed by atoms with Gasteiger partial charge in [0.25, 0.3) is 5.91 Å². The van der Waals surface area contributed by atoms with Gasteiger partial charge >= 0.3 is 12.1 Å². The molecule has 7 nitrogen and oxygen atoms in total. The highest BCUT2D eigenvalue weighted by Crippen LogP contribution is 2.40. The van der Waals surface area contributed by atoms with Gasteiger partial charge in [0.15, 0.2) is 6.61 Å². The molecule has 0 aliphatic carbocycles. The van der Waals surface area contributed by atoms with Crippen LogP contribution in [0.3, 0.4) is 0 Å². The van der Waals surface area contributed by atoms with Crippen LogP contribution in [0.4, 0.5) is 24.5 Å². The summed E-state index contributed by atoms with van der Waals surface area (Å²) in [5.74, 6) is -1.57. The van der Waals surface area contributed by atoms with E-state index in [9.17, 15) is 27.6 Å². The zero-order valence-corrected chi connectivity index (χ0v) is 16.9. The Hall–Kier alpha value is -3.21. The van der Waals surface area contributed by atoms with E-state index in [0.717, 1.165) is 23.9 Å². The summed E-state index contributed by atoms with van der Waals surface area (Å²) < 4.78 is 48.5. The zero-order valence-electron chi connectivity index (χ0n) is 16.1. The minimum Gasteiger partial charge on any atom is -0.495 e. The van der Waals surface area contributed by atoms with E-state index >= 15 is 0 Å². The predicted octanol–water partition coefficient (Wildman–Crippen LogP) is 3.70. The molecule has 1 heterocycles. The Labute approximate surface area is 179 Å². The van der Waals surface area contributed by atoms with Crippen LogP contribution in [0.15, 0.2) is 47.4 Å². The molecule has 11 heteroatoms. The number of thioether (sulfide) groups is 1. The number of alkyl halides is 3. The Morgan fingerprint density at radius 1 is 1.19 bits per heavy atom. The fraction of sp³-hybridized carbons (Fsp3) is 0.250. The van der Waals surface area contributed by atoms with Crippen LogP contribution in [-0.4, -0.2) is 36.8 Å². The van der Waals surface area contributed by atoms with Gasteiger partial charge in [-0.25, -0.2) is 0 Å². The van der Waals surface area contributed by atoms with E-state index < -0.39 is 41.4 Å². The SMILES string of the molecule is COc1ccccc1NC(=O)COC(=O)CC1Sc2ccc(C(F)(F)F)cc2NC1=O. The standard InChI is InChI=1S/C20H17F3N2O5S/c1-29-14-5-3-2-4-12(14)24-17(26)10-30-18(27)9-16-19(28)25-13-8-11(20(21,22)23)6-7-15(13)31-16/h2-8,16H,9-10H2,1H3,(H,24,26)(H,25,28). The summed E-state index contributed by atoms with van der Waals surface area (Å²) in [7, 11) is 1.44. The van der Waals surface area contributed by atoms with Crippen LogP contribution >= 0.6 is 11.8 Å². The highest BCUT2D eigenvalue weighted by Gasteiger charge is 2.34. The number of para-hydroxylation sites is 2. The Morgan fingerprint density at radius 2 is 1.94 bits per heavy atom. The van der Waals surface area contributed by atoms with Crippen molar-refractivity contribution in [3.05, 3.63) is 48.0 Å². The summed E-state index contributed by atoms with van der Waals surface area (Å²) >= 11 is 0.957. The summed E-state index contributed by atoms with van der Waals surface area (Å²) in [4.78, 5) is 36.7. The highest BCUT2D eigenvalue weighted by molar-refractivity contribution is 8.01. The molecule has 1 atom stereocenters. The van der Waals surface area contributed by atoms with Gasteiger partial charge in [-0.05, 0) is 30.3 Å². The number of methoxy groups -OCH3 is 1. The number of amides is 2. The van der Waals surface area contributed by atoms with Gasteiger partial charge in [0, 0.05) is 4.90 Å². The number of fused-ring (bicyclic) bond motifs is 1. The van der Waals surface area contributed by atoms with Crippen molar-refractivity contribution in [3.8, 4) is 5.75 Å². The summed E-state index contributed by atoms with van der Waals surface area (Å²) in [6.45, 7) is -0.568. The maximum absolute atomic E-state index is 12.8. The molecule has 0 bridgehead atoms. The molecule has 0 spiro atoms. The maximum atomic E-state index is 12.8. The highest BCUT2D eigenvalue weighted by atomic mass is 32.2. The molecule has 2 N–H and O–H groups in total. The van der Waals surface area contributed by atoms with Crippen LogP contribution in [0.5, 0.6) is 5.75 Å². The molecule has 0 aromatic heterocycles. The maximum Gasteiger partial charge on any atom is 0.416 e. The van der Waals surface area contributed by atoms with Crippen molar-refractivity contribution in [1.82, 2.24) is 0 Å². The van der Waals surface area contributed by atoms with Crippen LogP contribution < -0.4 is 15.4 Å². The summed E-state index contributed by atoms with van der Waals surface area (Å²) in [5.41, 5.74) is -0.445. The van der Waals surface area contributed by atoms with E-state index in [-0.39, 0.29) is 12.1 Å². The normalized spacial score (nSPS) is 15.5. The Kier molecular flexibility index (Phi) is 6.74. The first-order valence-electron chi connectivity index (χ1n) is 8.94. The molecule has 0 radical (unpaired) electrons. The molecule has 3 rings (SSSR count). The van der Waals surface area contributed by atoms with Gasteiger partial charge in [-0.1, -0.05) is 12.1 Å². The number of hydrogen-bond donors (Lipinski definition) is 2. The second-order valence-corrected chi connectivity index (χ2v) is 7.66. The van der Waals surface area contributed by atoms with E-state index in [1.54, 1.807) is 24.3 Å². The number of hydrogen-bond acceptors (Lipinski definition) is 6. The van der Waals surface area contributed by atoms with Crippen molar-refractivity contribution in [1.29, 1.82) is 0 Å². The lowest BCUT2D eigenvalue weighted by Crippen LogP contribution is -2.32. The molecule has 0 fully saturated rings. The molecule has 0 saturated heterocycles. The molecular weight excluding hydrogens is 437 g/mol. The number of ether oxygens (including phenoxy) is 2. The van der Waals surface area contributed by atoms with Crippen LogP contribution in [-0.2, 0) is 25.3 Å². The number of rotatable bonds is 6. The second-order valence-electron chi connectivity index (χ2n) is 6.42. The largest absolute Gasteiger partial charge is 0.495 e. The smallest absolute Gasteiger partial charge is 0.416 e. The van der Waals surface area contributed by atoms with Gasteiger partial charge in [0.1, 0.15) is 5.75 Å². The molecule has 0 saturated carbocycles. The van der Waals surface area contributed by atoms with Gasteiger partial charge < -0.3 is 20.1 Å². The first kappa shape index (κ1) is 22.5. The van der Waals surface area contributed by atoms with Gasteiger partial charge in [0.05, 0.1) is 35.7 Å². The molecular formula is C20H17F3N2O5S. The summed E-state index contributed by atoms with van der Waals surface area (Å²) in [5, 5.41) is 4.02. The Bertz CT molecular complexity index is 1010. The molecule has 1 aliphatic heterocycles. The quantitative estimate of drug-likeness (QED) is 0.647. The second kappa shape index (κ2) is 9.29. The predicted molar refractivity (Wildman–Crippen MR) is 107 cm³/mol. The van der Waals surface area contributed by atoms with Gasteiger partial charge in [0.2, 0.25) is 5.91 Å². The van der Waals surface area contributed by atoms with Gasteiger partial charge in [-0.2, -0.15) is 13.2 Å². The van der Waals surface area contributed by atoms with Crippen molar-refractivity contribution in [2.24, 2.45) is 0 Å². The lowest BCUT2D eigenvalue weighted by Gasteiger charge is -2.24. The first-order valence-corrected chi connectivity index (χ1v) is 9.82.